The molecule has 158 valence electrons. The molecule has 1 atom stereocenters. The standard InChI is InChI=1S/C12H23N.C11H15NO3/c1-3-7-11(8-4-1)13-12-9-5-2-6-10-12;1-12-10(11(13)14)8-15-7-9-5-3-2-4-6-9/h11-13H,1-10H2;2-6,10,12H,7-8H2,1H3,(H,13,14)/t;10-/m.0/s1. The second kappa shape index (κ2) is 13.7. The van der Waals surface area contributed by atoms with Gasteiger partial charge in [-0.25, -0.2) is 0 Å². The van der Waals surface area contributed by atoms with Gasteiger partial charge in [-0.1, -0.05) is 68.9 Å². The zero-order valence-corrected chi connectivity index (χ0v) is 17.4. The minimum absolute atomic E-state index is 0.167. The number of hydrogen-bond acceptors (Lipinski definition) is 4. The van der Waals surface area contributed by atoms with Crippen LogP contribution >= 0.6 is 0 Å². The zero-order chi connectivity index (χ0) is 20.0. The van der Waals surface area contributed by atoms with Crippen LogP contribution in [0.5, 0.6) is 0 Å². The molecule has 0 spiro atoms. The second-order valence-electron chi connectivity index (χ2n) is 8.02. The number of benzene rings is 1. The van der Waals surface area contributed by atoms with Crippen molar-refractivity contribution in [1.82, 2.24) is 10.6 Å². The molecule has 0 bridgehead atoms. The minimum atomic E-state index is -0.898. The average Bonchev–Trinajstić information content (AvgIpc) is 2.74. The number of likely N-dealkylation sites (N-methyl/N-ethyl adjacent to an activating group) is 1. The smallest absolute Gasteiger partial charge is 0.323 e. The van der Waals surface area contributed by atoms with Crippen LogP contribution in [0.3, 0.4) is 0 Å². The minimum Gasteiger partial charge on any atom is -0.480 e. The molecule has 0 aromatic heterocycles. The van der Waals surface area contributed by atoms with Gasteiger partial charge in [-0.05, 0) is 38.3 Å². The largest absolute Gasteiger partial charge is 0.480 e. The van der Waals surface area contributed by atoms with Crippen molar-refractivity contribution in [1.29, 1.82) is 0 Å². The maximum Gasteiger partial charge on any atom is 0.323 e. The molecule has 5 heteroatoms. The first-order valence-electron chi connectivity index (χ1n) is 11.0. The van der Waals surface area contributed by atoms with E-state index in [-0.39, 0.29) is 6.61 Å². The van der Waals surface area contributed by atoms with E-state index in [1.54, 1.807) is 7.05 Å². The van der Waals surface area contributed by atoms with E-state index in [9.17, 15) is 4.79 Å². The van der Waals surface area contributed by atoms with Crippen LogP contribution in [-0.2, 0) is 16.1 Å². The number of carbonyl (C=O) groups is 1. The van der Waals surface area contributed by atoms with Gasteiger partial charge in [0.2, 0.25) is 0 Å². The summed E-state index contributed by atoms with van der Waals surface area (Å²) >= 11 is 0. The number of carboxylic acid groups (broad SMARTS) is 1. The molecule has 0 heterocycles. The highest BCUT2D eigenvalue weighted by molar-refractivity contribution is 5.73. The van der Waals surface area contributed by atoms with E-state index in [2.05, 4.69) is 10.6 Å². The van der Waals surface area contributed by atoms with Crippen LogP contribution in [0.4, 0.5) is 0 Å². The average molecular weight is 391 g/mol. The summed E-state index contributed by atoms with van der Waals surface area (Å²) < 4.78 is 5.29. The van der Waals surface area contributed by atoms with E-state index in [4.69, 9.17) is 9.84 Å². The fourth-order valence-corrected chi connectivity index (χ4v) is 4.02. The molecule has 0 amide bonds. The molecule has 0 saturated heterocycles. The molecule has 0 radical (unpaired) electrons. The zero-order valence-electron chi connectivity index (χ0n) is 17.4. The molecule has 2 saturated carbocycles. The van der Waals surface area contributed by atoms with Gasteiger partial charge in [0.05, 0.1) is 13.2 Å². The van der Waals surface area contributed by atoms with Crippen LogP contribution in [0.2, 0.25) is 0 Å². The molecule has 0 aliphatic heterocycles. The van der Waals surface area contributed by atoms with Gasteiger partial charge in [0, 0.05) is 12.1 Å². The maximum atomic E-state index is 10.6. The van der Waals surface area contributed by atoms with Crippen molar-refractivity contribution in [3.8, 4) is 0 Å². The summed E-state index contributed by atoms with van der Waals surface area (Å²) in [6.45, 7) is 0.604. The predicted molar refractivity (Wildman–Crippen MR) is 113 cm³/mol. The van der Waals surface area contributed by atoms with Crippen molar-refractivity contribution in [2.45, 2.75) is 88.9 Å². The topological polar surface area (TPSA) is 70.6 Å². The lowest BCUT2D eigenvalue weighted by atomic mass is 9.91. The van der Waals surface area contributed by atoms with Crippen LogP contribution in [-0.4, -0.2) is 42.9 Å². The Bertz CT molecular complexity index is 510. The normalized spacial score (nSPS) is 19.5. The Morgan fingerprint density at radius 3 is 2.00 bits per heavy atom. The first-order chi connectivity index (χ1) is 13.7. The van der Waals surface area contributed by atoms with Gasteiger partial charge >= 0.3 is 5.97 Å². The summed E-state index contributed by atoms with van der Waals surface area (Å²) in [6.07, 6.45) is 14.6. The molecule has 0 unspecified atom stereocenters. The van der Waals surface area contributed by atoms with E-state index >= 15 is 0 Å². The molecule has 3 rings (SSSR count). The van der Waals surface area contributed by atoms with Crippen molar-refractivity contribution in [3.05, 3.63) is 35.9 Å². The highest BCUT2D eigenvalue weighted by Gasteiger charge is 2.19. The number of aliphatic carboxylic acids is 1. The van der Waals surface area contributed by atoms with Gasteiger partial charge in [-0.3, -0.25) is 4.79 Å². The van der Waals surface area contributed by atoms with E-state index in [1.807, 2.05) is 30.3 Å². The Labute approximate surface area is 170 Å². The third kappa shape index (κ3) is 9.18. The lowest BCUT2D eigenvalue weighted by molar-refractivity contribution is -0.141. The Morgan fingerprint density at radius 2 is 1.54 bits per heavy atom. The molecule has 2 aliphatic rings. The molecular formula is C23H38N2O3. The van der Waals surface area contributed by atoms with Crippen LogP contribution in [0.25, 0.3) is 0 Å². The summed E-state index contributed by atoms with van der Waals surface area (Å²) in [5.74, 6) is -0.898. The highest BCUT2D eigenvalue weighted by Crippen LogP contribution is 2.22. The van der Waals surface area contributed by atoms with Crippen LogP contribution in [0.1, 0.15) is 69.8 Å². The molecule has 28 heavy (non-hydrogen) atoms. The first kappa shape index (κ1) is 22.9. The maximum absolute atomic E-state index is 10.6. The Morgan fingerprint density at radius 1 is 1.00 bits per heavy atom. The van der Waals surface area contributed by atoms with E-state index in [0.717, 1.165) is 17.6 Å². The van der Waals surface area contributed by atoms with Crippen LogP contribution in [0, 0.1) is 0 Å². The summed E-state index contributed by atoms with van der Waals surface area (Å²) in [7, 11) is 1.60. The molecule has 1 aromatic carbocycles. The number of hydrogen-bond donors (Lipinski definition) is 3. The van der Waals surface area contributed by atoms with Crippen molar-refractivity contribution in [2.24, 2.45) is 0 Å². The number of carboxylic acids is 1. The fourth-order valence-electron chi connectivity index (χ4n) is 4.02. The van der Waals surface area contributed by atoms with Crippen LogP contribution in [0.15, 0.2) is 30.3 Å². The van der Waals surface area contributed by atoms with Crippen molar-refractivity contribution in [3.63, 3.8) is 0 Å². The second-order valence-corrected chi connectivity index (χ2v) is 8.02. The van der Waals surface area contributed by atoms with Gasteiger partial charge in [-0.2, -0.15) is 0 Å². The molecule has 1 aromatic rings. The highest BCUT2D eigenvalue weighted by atomic mass is 16.5. The van der Waals surface area contributed by atoms with E-state index < -0.39 is 12.0 Å². The number of ether oxygens (including phenoxy) is 1. The summed E-state index contributed by atoms with van der Waals surface area (Å²) in [5, 5.41) is 15.2. The van der Waals surface area contributed by atoms with Crippen molar-refractivity contribution in [2.75, 3.05) is 13.7 Å². The summed E-state index contributed by atoms with van der Waals surface area (Å²) in [6, 6.07) is 10.8. The predicted octanol–water partition coefficient (Wildman–Crippen LogP) is 4.12. The third-order valence-electron chi connectivity index (χ3n) is 5.72. The number of nitrogens with one attached hydrogen (secondary N) is 2. The summed E-state index contributed by atoms with van der Waals surface area (Å²) in [4.78, 5) is 10.6. The SMILES string of the molecule is C1CCC(NC2CCCCC2)CC1.CN[C@@H](COCc1ccccc1)C(=O)O. The number of rotatable bonds is 8. The van der Waals surface area contributed by atoms with E-state index in [1.165, 1.54) is 64.2 Å². The van der Waals surface area contributed by atoms with Gasteiger partial charge < -0.3 is 20.5 Å². The molecule has 2 fully saturated rings. The molecule has 2 aliphatic carbocycles. The van der Waals surface area contributed by atoms with Gasteiger partial charge in [0.25, 0.3) is 0 Å². The van der Waals surface area contributed by atoms with Crippen molar-refractivity contribution < 1.29 is 14.6 Å². The lowest BCUT2D eigenvalue weighted by Gasteiger charge is -2.30. The van der Waals surface area contributed by atoms with Gasteiger partial charge in [0.15, 0.2) is 0 Å². The Balaban J connectivity index is 0.000000202. The molecular weight excluding hydrogens is 352 g/mol. The monoisotopic (exact) mass is 390 g/mol. The Kier molecular flexibility index (Phi) is 11.2. The Hall–Kier alpha value is -1.43. The summed E-state index contributed by atoms with van der Waals surface area (Å²) in [5.41, 5.74) is 1.04. The van der Waals surface area contributed by atoms with Gasteiger partial charge in [-0.15, -0.1) is 0 Å². The quantitative estimate of drug-likeness (QED) is 0.623. The first-order valence-corrected chi connectivity index (χ1v) is 11.0. The van der Waals surface area contributed by atoms with E-state index in [0.29, 0.717) is 6.61 Å². The molecule has 5 nitrogen and oxygen atoms in total. The molecule has 3 N–H and O–H groups in total. The lowest BCUT2D eigenvalue weighted by Crippen LogP contribution is -2.40. The van der Waals surface area contributed by atoms with Crippen molar-refractivity contribution >= 4 is 5.97 Å². The van der Waals surface area contributed by atoms with Gasteiger partial charge in [0.1, 0.15) is 6.04 Å². The van der Waals surface area contributed by atoms with Crippen LogP contribution < -0.4 is 10.6 Å². The fraction of sp³-hybridized carbons (Fsp3) is 0.696. The third-order valence-corrected chi connectivity index (χ3v) is 5.72.